The van der Waals surface area contributed by atoms with Crippen LogP contribution in [0.15, 0.2) is 18.2 Å². The van der Waals surface area contributed by atoms with E-state index in [2.05, 4.69) is 5.32 Å². The van der Waals surface area contributed by atoms with Crippen LogP contribution >= 0.6 is 0 Å². The third-order valence-corrected chi connectivity index (χ3v) is 3.68. The predicted molar refractivity (Wildman–Crippen MR) is 73.9 cm³/mol. The fraction of sp³-hybridized carbons (Fsp3) is 0.571. The molecule has 4 heteroatoms. The zero-order chi connectivity index (χ0) is 13.0. The first-order valence-electron chi connectivity index (χ1n) is 6.56. The normalized spacial score (nSPS) is 23.7. The summed E-state index contributed by atoms with van der Waals surface area (Å²) in [5.74, 6) is 1.11. The van der Waals surface area contributed by atoms with Crippen molar-refractivity contribution in [3.63, 3.8) is 0 Å². The second-order valence-corrected chi connectivity index (χ2v) is 4.95. The Morgan fingerprint density at radius 2 is 2.17 bits per heavy atom. The average Bonchev–Trinajstić information content (AvgIpc) is 2.39. The van der Waals surface area contributed by atoms with E-state index in [0.29, 0.717) is 11.6 Å². The number of anilines is 2. The minimum absolute atomic E-state index is 0.182. The fourth-order valence-corrected chi connectivity index (χ4v) is 2.48. The van der Waals surface area contributed by atoms with Crippen molar-refractivity contribution in [2.45, 2.75) is 31.8 Å². The highest BCUT2D eigenvalue weighted by atomic mass is 16.5. The van der Waals surface area contributed by atoms with Gasteiger partial charge in [0, 0.05) is 18.5 Å². The number of ether oxygens (including phenoxy) is 1. The van der Waals surface area contributed by atoms with Gasteiger partial charge in [0.15, 0.2) is 0 Å². The first kappa shape index (κ1) is 13.0. The van der Waals surface area contributed by atoms with Gasteiger partial charge in [-0.3, -0.25) is 0 Å². The summed E-state index contributed by atoms with van der Waals surface area (Å²) in [6.07, 6.45) is 4.16. The summed E-state index contributed by atoms with van der Waals surface area (Å²) >= 11 is 0. The highest BCUT2D eigenvalue weighted by Gasteiger charge is 2.22. The van der Waals surface area contributed by atoms with Gasteiger partial charge >= 0.3 is 0 Å². The van der Waals surface area contributed by atoms with E-state index < -0.39 is 0 Å². The Hall–Kier alpha value is -1.42. The largest absolute Gasteiger partial charge is 0.497 e. The summed E-state index contributed by atoms with van der Waals surface area (Å²) in [7, 11) is 1.64. The van der Waals surface area contributed by atoms with Gasteiger partial charge in [0.25, 0.3) is 0 Å². The molecular formula is C14H22N2O2. The smallest absolute Gasteiger partial charge is 0.121 e. The Bertz CT molecular complexity index is 395. The van der Waals surface area contributed by atoms with Crippen LogP contribution < -0.4 is 15.8 Å². The fourth-order valence-electron chi connectivity index (χ4n) is 2.48. The Labute approximate surface area is 108 Å². The number of hydrogen-bond donors (Lipinski definition) is 3. The maximum Gasteiger partial charge on any atom is 0.121 e. The van der Waals surface area contributed by atoms with E-state index in [1.165, 1.54) is 6.42 Å². The molecule has 1 aromatic carbocycles. The highest BCUT2D eigenvalue weighted by molar-refractivity contribution is 5.68. The van der Waals surface area contributed by atoms with E-state index in [1.54, 1.807) is 7.11 Å². The third-order valence-electron chi connectivity index (χ3n) is 3.68. The molecule has 2 unspecified atom stereocenters. The van der Waals surface area contributed by atoms with Crippen molar-refractivity contribution in [1.29, 1.82) is 0 Å². The van der Waals surface area contributed by atoms with Gasteiger partial charge in [0.05, 0.1) is 24.6 Å². The van der Waals surface area contributed by atoms with E-state index >= 15 is 0 Å². The Morgan fingerprint density at radius 3 is 2.89 bits per heavy atom. The van der Waals surface area contributed by atoms with Crippen LogP contribution in [0.4, 0.5) is 11.4 Å². The summed E-state index contributed by atoms with van der Waals surface area (Å²) in [5.41, 5.74) is 7.50. The van der Waals surface area contributed by atoms with Gasteiger partial charge in [0.1, 0.15) is 5.75 Å². The zero-order valence-corrected chi connectivity index (χ0v) is 10.9. The van der Waals surface area contributed by atoms with Gasteiger partial charge in [-0.15, -0.1) is 0 Å². The lowest BCUT2D eigenvalue weighted by Gasteiger charge is -2.28. The quantitative estimate of drug-likeness (QED) is 0.717. The Kier molecular flexibility index (Phi) is 4.31. The molecule has 4 N–H and O–H groups in total. The van der Waals surface area contributed by atoms with Crippen LogP contribution in [-0.2, 0) is 0 Å². The number of aliphatic hydroxyl groups excluding tert-OH is 1. The summed E-state index contributed by atoms with van der Waals surface area (Å²) in [4.78, 5) is 0. The number of benzene rings is 1. The molecule has 0 aromatic heterocycles. The second-order valence-electron chi connectivity index (χ2n) is 4.95. The van der Waals surface area contributed by atoms with E-state index in [-0.39, 0.29) is 6.10 Å². The van der Waals surface area contributed by atoms with Gasteiger partial charge in [-0.05, 0) is 25.0 Å². The topological polar surface area (TPSA) is 67.5 Å². The van der Waals surface area contributed by atoms with E-state index in [9.17, 15) is 5.11 Å². The van der Waals surface area contributed by atoms with Crippen LogP contribution in [0.2, 0.25) is 0 Å². The molecule has 4 nitrogen and oxygen atoms in total. The number of nitrogen functional groups attached to an aromatic ring is 1. The minimum Gasteiger partial charge on any atom is -0.497 e. The molecule has 18 heavy (non-hydrogen) atoms. The molecule has 1 saturated carbocycles. The van der Waals surface area contributed by atoms with Crippen LogP contribution in [0.1, 0.15) is 25.7 Å². The van der Waals surface area contributed by atoms with Gasteiger partial charge in [-0.25, -0.2) is 0 Å². The maximum absolute atomic E-state index is 9.92. The molecule has 0 bridgehead atoms. The first-order valence-corrected chi connectivity index (χ1v) is 6.56. The van der Waals surface area contributed by atoms with E-state index in [0.717, 1.165) is 37.2 Å². The molecular weight excluding hydrogens is 228 g/mol. The Morgan fingerprint density at radius 1 is 1.39 bits per heavy atom. The number of nitrogens with two attached hydrogens (primary N) is 1. The summed E-state index contributed by atoms with van der Waals surface area (Å²) < 4.78 is 5.18. The summed E-state index contributed by atoms with van der Waals surface area (Å²) in [6, 6.07) is 5.57. The average molecular weight is 250 g/mol. The van der Waals surface area contributed by atoms with Gasteiger partial charge in [0.2, 0.25) is 0 Å². The summed E-state index contributed by atoms with van der Waals surface area (Å²) in [6.45, 7) is 0.762. The van der Waals surface area contributed by atoms with Crippen molar-refractivity contribution in [1.82, 2.24) is 0 Å². The van der Waals surface area contributed by atoms with Crippen LogP contribution in [0.5, 0.6) is 5.75 Å². The molecule has 0 aliphatic heterocycles. The predicted octanol–water partition coefficient (Wildman–Crippen LogP) is 2.24. The lowest BCUT2D eigenvalue weighted by Crippen LogP contribution is -2.30. The van der Waals surface area contributed by atoms with Gasteiger partial charge < -0.3 is 20.9 Å². The molecule has 2 atom stereocenters. The standard InChI is InChI=1S/C14H22N2O2/c1-18-11-6-7-12(15)13(8-11)16-9-10-4-2-3-5-14(10)17/h6-8,10,14,16-17H,2-5,9,15H2,1H3. The number of nitrogens with one attached hydrogen (secondary N) is 1. The van der Waals surface area contributed by atoms with Crippen molar-refractivity contribution in [2.24, 2.45) is 5.92 Å². The van der Waals surface area contributed by atoms with Crippen LogP contribution in [0, 0.1) is 5.92 Å². The van der Waals surface area contributed by atoms with Gasteiger partial charge in [-0.2, -0.15) is 0 Å². The summed E-state index contributed by atoms with van der Waals surface area (Å²) in [5, 5.41) is 13.2. The van der Waals surface area contributed by atoms with Crippen LogP contribution in [0.3, 0.4) is 0 Å². The van der Waals surface area contributed by atoms with Crippen molar-refractivity contribution in [3.8, 4) is 5.75 Å². The van der Waals surface area contributed by atoms with E-state index in [1.807, 2.05) is 18.2 Å². The molecule has 0 radical (unpaired) electrons. The number of methoxy groups -OCH3 is 1. The monoisotopic (exact) mass is 250 g/mol. The van der Waals surface area contributed by atoms with E-state index in [4.69, 9.17) is 10.5 Å². The lowest BCUT2D eigenvalue weighted by molar-refractivity contribution is 0.0763. The molecule has 0 spiro atoms. The highest BCUT2D eigenvalue weighted by Crippen LogP contribution is 2.28. The molecule has 100 valence electrons. The minimum atomic E-state index is -0.182. The SMILES string of the molecule is COc1ccc(N)c(NCC2CCCCC2O)c1. The maximum atomic E-state index is 9.92. The van der Waals surface area contributed by atoms with Crippen LogP contribution in [-0.4, -0.2) is 24.9 Å². The third kappa shape index (κ3) is 3.07. The molecule has 1 aliphatic carbocycles. The number of rotatable bonds is 4. The van der Waals surface area contributed by atoms with Crippen molar-refractivity contribution in [3.05, 3.63) is 18.2 Å². The van der Waals surface area contributed by atoms with Crippen molar-refractivity contribution in [2.75, 3.05) is 24.7 Å². The van der Waals surface area contributed by atoms with Crippen molar-refractivity contribution < 1.29 is 9.84 Å². The molecule has 0 heterocycles. The lowest BCUT2D eigenvalue weighted by atomic mass is 9.86. The molecule has 1 fully saturated rings. The van der Waals surface area contributed by atoms with Crippen LogP contribution in [0.25, 0.3) is 0 Å². The zero-order valence-electron chi connectivity index (χ0n) is 10.9. The van der Waals surface area contributed by atoms with Gasteiger partial charge in [-0.1, -0.05) is 12.8 Å². The second kappa shape index (κ2) is 5.96. The Balaban J connectivity index is 1.96. The molecule has 0 saturated heterocycles. The molecule has 1 aliphatic rings. The number of hydrogen-bond acceptors (Lipinski definition) is 4. The molecule has 1 aromatic rings. The first-order chi connectivity index (χ1) is 8.70. The molecule has 2 rings (SSSR count). The molecule has 0 amide bonds. The van der Waals surface area contributed by atoms with Crippen molar-refractivity contribution >= 4 is 11.4 Å². The number of aliphatic hydroxyl groups is 1.